The molecule has 1 aliphatic rings. The summed E-state index contributed by atoms with van der Waals surface area (Å²) in [5.74, 6) is 1.18. The summed E-state index contributed by atoms with van der Waals surface area (Å²) in [4.78, 5) is 6.94. The molecule has 148 valence electrons. The molecule has 0 bridgehead atoms. The molecule has 0 spiro atoms. The number of piperazine rings is 1. The van der Waals surface area contributed by atoms with Crippen LogP contribution in [0.3, 0.4) is 0 Å². The zero-order chi connectivity index (χ0) is 18.6. The van der Waals surface area contributed by atoms with Crippen LogP contribution >= 0.6 is 12.4 Å². The van der Waals surface area contributed by atoms with Crippen LogP contribution in [0.4, 0.5) is 4.39 Å². The third kappa shape index (κ3) is 4.52. The highest BCUT2D eigenvalue weighted by Crippen LogP contribution is 2.26. The molecule has 1 fully saturated rings. The van der Waals surface area contributed by atoms with E-state index < -0.39 is 0 Å². The summed E-state index contributed by atoms with van der Waals surface area (Å²) >= 11 is 0. The van der Waals surface area contributed by atoms with Crippen LogP contribution in [0.15, 0.2) is 59.2 Å². The Morgan fingerprint density at radius 2 is 2.07 bits per heavy atom. The van der Waals surface area contributed by atoms with Crippen molar-refractivity contribution in [1.82, 2.24) is 15.2 Å². The van der Waals surface area contributed by atoms with Crippen molar-refractivity contribution >= 4 is 12.4 Å². The van der Waals surface area contributed by atoms with E-state index in [-0.39, 0.29) is 24.3 Å². The Kier molecular flexibility index (Phi) is 6.67. The minimum Gasteiger partial charge on any atom is -0.497 e. The molecule has 1 atom stereocenters. The van der Waals surface area contributed by atoms with Gasteiger partial charge in [0.2, 0.25) is 5.89 Å². The number of benzene rings is 2. The highest BCUT2D eigenvalue weighted by atomic mass is 35.5. The molecule has 2 aromatic carbocycles. The van der Waals surface area contributed by atoms with Gasteiger partial charge in [-0.05, 0) is 42.0 Å². The fourth-order valence-corrected chi connectivity index (χ4v) is 3.43. The van der Waals surface area contributed by atoms with Gasteiger partial charge in [0, 0.05) is 37.8 Å². The van der Waals surface area contributed by atoms with Crippen LogP contribution < -0.4 is 10.1 Å². The van der Waals surface area contributed by atoms with Crippen molar-refractivity contribution in [3.63, 3.8) is 0 Å². The molecule has 4 rings (SSSR count). The van der Waals surface area contributed by atoms with E-state index in [0.29, 0.717) is 12.4 Å². The van der Waals surface area contributed by atoms with Gasteiger partial charge in [-0.1, -0.05) is 12.1 Å². The summed E-state index contributed by atoms with van der Waals surface area (Å²) in [7, 11) is 1.64. The molecule has 28 heavy (non-hydrogen) atoms. The molecule has 1 aromatic heterocycles. The van der Waals surface area contributed by atoms with E-state index in [1.54, 1.807) is 25.5 Å². The van der Waals surface area contributed by atoms with E-state index in [1.807, 2.05) is 30.3 Å². The van der Waals surface area contributed by atoms with Crippen LogP contribution in [0.25, 0.3) is 11.5 Å². The van der Waals surface area contributed by atoms with Crippen molar-refractivity contribution in [2.45, 2.75) is 12.6 Å². The molecule has 7 heteroatoms. The first-order valence-electron chi connectivity index (χ1n) is 9.02. The number of oxazole rings is 1. The molecule has 2 heterocycles. The lowest BCUT2D eigenvalue weighted by Gasteiger charge is -2.36. The van der Waals surface area contributed by atoms with Crippen molar-refractivity contribution in [2.75, 3.05) is 26.7 Å². The predicted octanol–water partition coefficient (Wildman–Crippen LogP) is 4.06. The van der Waals surface area contributed by atoms with Crippen molar-refractivity contribution in [3.05, 3.63) is 71.9 Å². The minimum atomic E-state index is -0.207. The number of hydrogen-bond acceptors (Lipinski definition) is 5. The Morgan fingerprint density at radius 1 is 1.25 bits per heavy atom. The summed E-state index contributed by atoms with van der Waals surface area (Å²) in [6.07, 6.45) is 1.70. The second kappa shape index (κ2) is 9.19. The van der Waals surface area contributed by atoms with Crippen molar-refractivity contribution in [1.29, 1.82) is 0 Å². The number of nitrogens with one attached hydrogen (secondary N) is 1. The van der Waals surface area contributed by atoms with Gasteiger partial charge in [0.15, 0.2) is 0 Å². The first-order chi connectivity index (χ1) is 13.2. The van der Waals surface area contributed by atoms with Crippen LogP contribution in [0, 0.1) is 5.82 Å². The SMILES string of the molecule is COc1ccc(-c2nc(CN3CCNCC3c3cccc(F)c3)co2)cc1.Cl. The number of methoxy groups -OCH3 is 1. The van der Waals surface area contributed by atoms with Crippen molar-refractivity contribution in [3.8, 4) is 17.2 Å². The quantitative estimate of drug-likeness (QED) is 0.696. The van der Waals surface area contributed by atoms with Crippen LogP contribution in [0.2, 0.25) is 0 Å². The highest BCUT2D eigenvalue weighted by Gasteiger charge is 2.25. The van der Waals surface area contributed by atoms with Crippen molar-refractivity contribution < 1.29 is 13.5 Å². The summed E-state index contributed by atoms with van der Waals surface area (Å²) in [5.41, 5.74) is 2.74. The maximum atomic E-state index is 13.6. The van der Waals surface area contributed by atoms with Gasteiger partial charge in [-0.15, -0.1) is 12.4 Å². The Bertz CT molecular complexity index is 901. The second-order valence-corrected chi connectivity index (χ2v) is 6.62. The van der Waals surface area contributed by atoms with Gasteiger partial charge in [0.05, 0.1) is 12.8 Å². The van der Waals surface area contributed by atoms with E-state index in [9.17, 15) is 4.39 Å². The Hall–Kier alpha value is -2.41. The van der Waals surface area contributed by atoms with E-state index >= 15 is 0 Å². The molecule has 0 saturated carbocycles. The molecule has 3 aromatic rings. The zero-order valence-electron chi connectivity index (χ0n) is 15.6. The molecule has 1 aliphatic heterocycles. The fourth-order valence-electron chi connectivity index (χ4n) is 3.43. The molecule has 0 aliphatic carbocycles. The van der Waals surface area contributed by atoms with Gasteiger partial charge in [-0.2, -0.15) is 0 Å². The summed E-state index contributed by atoms with van der Waals surface area (Å²) in [6, 6.07) is 14.5. The van der Waals surface area contributed by atoms with Crippen LogP contribution in [-0.2, 0) is 6.54 Å². The maximum Gasteiger partial charge on any atom is 0.226 e. The summed E-state index contributed by atoms with van der Waals surface area (Å²) in [6.45, 7) is 3.20. The van der Waals surface area contributed by atoms with E-state index in [0.717, 1.165) is 42.2 Å². The van der Waals surface area contributed by atoms with Crippen LogP contribution in [-0.4, -0.2) is 36.6 Å². The van der Waals surface area contributed by atoms with Gasteiger partial charge in [0.1, 0.15) is 17.8 Å². The number of aromatic nitrogens is 1. The highest BCUT2D eigenvalue weighted by molar-refractivity contribution is 5.85. The maximum absolute atomic E-state index is 13.6. The normalized spacial score (nSPS) is 17.1. The number of ether oxygens (including phenoxy) is 1. The Labute approximate surface area is 169 Å². The zero-order valence-corrected chi connectivity index (χ0v) is 16.4. The molecule has 1 N–H and O–H groups in total. The predicted molar refractivity (Wildman–Crippen MR) is 108 cm³/mol. The van der Waals surface area contributed by atoms with Gasteiger partial charge in [-0.25, -0.2) is 9.37 Å². The van der Waals surface area contributed by atoms with E-state index in [2.05, 4.69) is 15.2 Å². The largest absolute Gasteiger partial charge is 0.497 e. The Balaban J connectivity index is 0.00000225. The third-order valence-electron chi connectivity index (χ3n) is 4.84. The van der Waals surface area contributed by atoms with E-state index in [4.69, 9.17) is 9.15 Å². The smallest absolute Gasteiger partial charge is 0.226 e. The number of hydrogen-bond donors (Lipinski definition) is 1. The van der Waals surface area contributed by atoms with Gasteiger partial charge in [-0.3, -0.25) is 4.90 Å². The average molecular weight is 404 g/mol. The molecule has 1 saturated heterocycles. The lowest BCUT2D eigenvalue weighted by molar-refractivity contribution is 0.151. The first-order valence-corrected chi connectivity index (χ1v) is 9.02. The summed E-state index contributed by atoms with van der Waals surface area (Å²) in [5, 5.41) is 3.39. The molecule has 5 nitrogen and oxygen atoms in total. The average Bonchev–Trinajstić information content (AvgIpc) is 3.17. The van der Waals surface area contributed by atoms with Gasteiger partial charge in [0.25, 0.3) is 0 Å². The summed E-state index contributed by atoms with van der Waals surface area (Å²) < 4.78 is 24.5. The lowest BCUT2D eigenvalue weighted by Crippen LogP contribution is -2.45. The van der Waals surface area contributed by atoms with Gasteiger partial charge >= 0.3 is 0 Å². The first kappa shape index (κ1) is 20.3. The Morgan fingerprint density at radius 3 is 2.82 bits per heavy atom. The van der Waals surface area contributed by atoms with Gasteiger partial charge < -0.3 is 14.5 Å². The van der Waals surface area contributed by atoms with Crippen LogP contribution in [0.1, 0.15) is 17.3 Å². The molecular weight excluding hydrogens is 381 g/mol. The number of rotatable bonds is 5. The topological polar surface area (TPSA) is 50.5 Å². The molecule has 1 unspecified atom stereocenters. The van der Waals surface area contributed by atoms with Crippen molar-refractivity contribution in [2.24, 2.45) is 0 Å². The molecular formula is C21H23ClFN3O2. The third-order valence-corrected chi connectivity index (χ3v) is 4.84. The van der Waals surface area contributed by atoms with Crippen LogP contribution in [0.5, 0.6) is 5.75 Å². The van der Waals surface area contributed by atoms with E-state index in [1.165, 1.54) is 6.07 Å². The molecule has 0 amide bonds. The minimum absolute atomic E-state index is 0. The second-order valence-electron chi connectivity index (χ2n) is 6.62. The number of nitrogens with zero attached hydrogens (tertiary/aromatic N) is 2. The monoisotopic (exact) mass is 403 g/mol. The fraction of sp³-hybridized carbons (Fsp3) is 0.286. The standard InChI is InChI=1S/C21H22FN3O2.ClH/c1-26-19-7-5-15(6-8-19)21-24-18(14-27-21)13-25-10-9-23-12-20(25)16-3-2-4-17(22)11-16;/h2-8,11,14,20,23H,9-10,12-13H2,1H3;1H. The lowest BCUT2D eigenvalue weighted by atomic mass is 10.0. The number of halogens is 2. The molecule has 0 radical (unpaired) electrons.